The Kier molecular flexibility index (Phi) is 0.803. The Hall–Kier alpha value is -1.31. The van der Waals surface area contributed by atoms with Gasteiger partial charge in [-0.3, -0.25) is 4.98 Å². The Morgan fingerprint density at radius 3 is 3.00 bits per heavy atom. The van der Waals surface area contributed by atoms with Crippen LogP contribution in [-0.2, 0) is 0 Å². The molecule has 2 aromatic heterocycles. The third-order valence-electron chi connectivity index (χ3n) is 1.28. The van der Waals surface area contributed by atoms with Gasteiger partial charge in [0.15, 0.2) is 0 Å². The van der Waals surface area contributed by atoms with Crippen LogP contribution >= 0.6 is 0 Å². The maximum absolute atomic E-state index is 4.92. The molecule has 2 rings (SSSR count). The van der Waals surface area contributed by atoms with Gasteiger partial charge in [-0.05, 0) is 6.07 Å². The summed E-state index contributed by atoms with van der Waals surface area (Å²) in [4.78, 5) is 3.93. The number of hydrogen-bond donors (Lipinski definition) is 0. The molecule has 0 saturated carbocycles. The quantitative estimate of drug-likeness (QED) is 0.528. The van der Waals surface area contributed by atoms with E-state index in [2.05, 4.69) is 4.98 Å². The first-order valence-electron chi connectivity index (χ1n) is 2.73. The molecule has 44 valence electrons. The van der Waals surface area contributed by atoms with Crippen molar-refractivity contribution in [2.24, 2.45) is 0 Å². The predicted octanol–water partition coefficient (Wildman–Crippen LogP) is 1.83. The molecule has 2 heteroatoms. The second kappa shape index (κ2) is 1.58. The second-order valence-electron chi connectivity index (χ2n) is 1.88. The molecule has 2 nitrogen and oxygen atoms in total. The van der Waals surface area contributed by atoms with Crippen molar-refractivity contribution in [2.75, 3.05) is 0 Å². The highest BCUT2D eigenvalue weighted by Crippen LogP contribution is 2.11. The van der Waals surface area contributed by atoms with E-state index in [4.69, 9.17) is 4.42 Å². The molecule has 0 bridgehead atoms. The van der Waals surface area contributed by atoms with Crippen LogP contribution in [0.2, 0.25) is 0 Å². The van der Waals surface area contributed by atoms with Crippen LogP contribution in [0.4, 0.5) is 0 Å². The van der Waals surface area contributed by atoms with Crippen LogP contribution in [-0.4, -0.2) is 4.98 Å². The summed E-state index contributed by atoms with van der Waals surface area (Å²) in [7, 11) is 0. The fourth-order valence-corrected chi connectivity index (χ4v) is 0.804. The highest BCUT2D eigenvalue weighted by Gasteiger charge is 1.90. The maximum Gasteiger partial charge on any atom is 0.0996 e. The highest BCUT2D eigenvalue weighted by atomic mass is 16.3. The fraction of sp³-hybridized carbons (Fsp3) is 0. The molecule has 0 saturated heterocycles. The van der Waals surface area contributed by atoms with Gasteiger partial charge in [-0.25, -0.2) is 0 Å². The molecule has 0 fully saturated rings. The van der Waals surface area contributed by atoms with Crippen LogP contribution in [0.3, 0.4) is 0 Å². The lowest BCUT2D eigenvalue weighted by atomic mass is 10.3. The van der Waals surface area contributed by atoms with Crippen LogP contribution in [0, 0.1) is 0 Å². The zero-order chi connectivity index (χ0) is 6.10. The topological polar surface area (TPSA) is 26.0 Å². The summed E-state index contributed by atoms with van der Waals surface area (Å²) in [5.41, 5.74) is 0. The van der Waals surface area contributed by atoms with E-state index in [0.29, 0.717) is 0 Å². The van der Waals surface area contributed by atoms with E-state index < -0.39 is 0 Å². The lowest BCUT2D eigenvalue weighted by molar-refractivity contribution is 0.572. The Bertz CT molecular complexity index is 283. The first-order valence-corrected chi connectivity index (χ1v) is 2.73. The SMILES string of the molecule is c1cc2cocc2cn1. The van der Waals surface area contributed by atoms with Crippen LogP contribution in [0.25, 0.3) is 10.8 Å². The number of furan rings is 1. The molecule has 9 heavy (non-hydrogen) atoms. The molecule has 0 amide bonds. The van der Waals surface area contributed by atoms with E-state index in [9.17, 15) is 0 Å². The molecular weight excluding hydrogens is 114 g/mol. The van der Waals surface area contributed by atoms with Crippen LogP contribution in [0.15, 0.2) is 35.4 Å². The van der Waals surface area contributed by atoms with Gasteiger partial charge in [0.25, 0.3) is 0 Å². The largest absolute Gasteiger partial charge is 0.471 e. The van der Waals surface area contributed by atoms with Crippen molar-refractivity contribution in [1.29, 1.82) is 0 Å². The van der Waals surface area contributed by atoms with Crippen molar-refractivity contribution in [1.82, 2.24) is 4.98 Å². The standard InChI is InChI=1S/C7H5NO/c1-2-8-3-7-5-9-4-6(1)7/h1-5H. The molecule has 0 spiro atoms. The van der Waals surface area contributed by atoms with Crippen molar-refractivity contribution in [3.63, 3.8) is 0 Å². The van der Waals surface area contributed by atoms with Crippen molar-refractivity contribution < 1.29 is 4.42 Å². The number of aromatic nitrogens is 1. The molecule has 0 unspecified atom stereocenters. The molecular formula is C7H5NO. The van der Waals surface area contributed by atoms with Gasteiger partial charge >= 0.3 is 0 Å². The second-order valence-corrected chi connectivity index (χ2v) is 1.88. The van der Waals surface area contributed by atoms with Crippen LogP contribution in [0.1, 0.15) is 0 Å². The Morgan fingerprint density at radius 1 is 1.22 bits per heavy atom. The van der Waals surface area contributed by atoms with Gasteiger partial charge in [-0.2, -0.15) is 0 Å². The van der Waals surface area contributed by atoms with Gasteiger partial charge in [-0.1, -0.05) is 0 Å². The van der Waals surface area contributed by atoms with Crippen molar-refractivity contribution in [2.45, 2.75) is 0 Å². The minimum atomic E-state index is 1.05. The average Bonchev–Trinajstić information content (AvgIpc) is 2.33. The smallest absolute Gasteiger partial charge is 0.0996 e. The summed E-state index contributed by atoms with van der Waals surface area (Å²) in [6.45, 7) is 0. The van der Waals surface area contributed by atoms with E-state index in [-0.39, 0.29) is 0 Å². The van der Waals surface area contributed by atoms with Gasteiger partial charge in [-0.15, -0.1) is 0 Å². The molecule has 0 aromatic carbocycles. The number of hydrogen-bond acceptors (Lipinski definition) is 2. The molecule has 0 N–H and O–H groups in total. The summed E-state index contributed by atoms with van der Waals surface area (Å²) < 4.78 is 4.92. The number of nitrogens with zero attached hydrogens (tertiary/aromatic N) is 1. The van der Waals surface area contributed by atoms with Crippen molar-refractivity contribution in [3.05, 3.63) is 31.0 Å². The zero-order valence-corrected chi connectivity index (χ0v) is 4.74. The monoisotopic (exact) mass is 119 g/mol. The van der Waals surface area contributed by atoms with Crippen molar-refractivity contribution in [3.8, 4) is 0 Å². The highest BCUT2D eigenvalue weighted by molar-refractivity contribution is 5.79. The lowest BCUT2D eigenvalue weighted by Crippen LogP contribution is -1.65. The van der Waals surface area contributed by atoms with Crippen LogP contribution < -0.4 is 0 Å². The van der Waals surface area contributed by atoms with Gasteiger partial charge in [0, 0.05) is 23.2 Å². The first-order chi connectivity index (χ1) is 4.47. The third-order valence-corrected chi connectivity index (χ3v) is 1.28. The molecule has 0 aliphatic carbocycles. The fourth-order valence-electron chi connectivity index (χ4n) is 0.804. The number of fused-ring (bicyclic) bond motifs is 1. The minimum Gasteiger partial charge on any atom is -0.471 e. The zero-order valence-electron chi connectivity index (χ0n) is 4.74. The number of rotatable bonds is 0. The summed E-state index contributed by atoms with van der Waals surface area (Å²) in [5.74, 6) is 0. The van der Waals surface area contributed by atoms with Crippen LogP contribution in [0.5, 0.6) is 0 Å². The lowest BCUT2D eigenvalue weighted by Gasteiger charge is -1.79. The minimum absolute atomic E-state index is 1.05. The van der Waals surface area contributed by atoms with Gasteiger partial charge < -0.3 is 4.42 Å². The third kappa shape index (κ3) is 0.598. The van der Waals surface area contributed by atoms with E-state index in [1.807, 2.05) is 6.07 Å². The van der Waals surface area contributed by atoms with E-state index in [1.54, 1.807) is 24.9 Å². The molecule has 2 aromatic rings. The predicted molar refractivity (Wildman–Crippen MR) is 34.0 cm³/mol. The Balaban J connectivity index is 2.95. The first kappa shape index (κ1) is 4.56. The molecule has 0 atom stereocenters. The summed E-state index contributed by atoms with van der Waals surface area (Å²) in [6, 6.07) is 1.92. The average molecular weight is 119 g/mol. The summed E-state index contributed by atoms with van der Waals surface area (Å²) in [6.07, 6.45) is 6.91. The normalized spacial score (nSPS) is 10.2. The number of pyridine rings is 1. The van der Waals surface area contributed by atoms with Crippen molar-refractivity contribution >= 4 is 10.8 Å². The summed E-state index contributed by atoms with van der Waals surface area (Å²) in [5, 5.41) is 2.16. The van der Waals surface area contributed by atoms with Gasteiger partial charge in [0.2, 0.25) is 0 Å². The Labute approximate surface area is 52.1 Å². The Morgan fingerprint density at radius 2 is 2.11 bits per heavy atom. The summed E-state index contributed by atoms with van der Waals surface area (Å²) >= 11 is 0. The molecule has 0 radical (unpaired) electrons. The van der Waals surface area contributed by atoms with Gasteiger partial charge in [0.05, 0.1) is 12.5 Å². The molecule has 0 aliphatic heterocycles. The van der Waals surface area contributed by atoms with E-state index in [0.717, 1.165) is 10.8 Å². The molecule has 2 heterocycles. The molecule has 0 aliphatic rings. The van der Waals surface area contributed by atoms with E-state index >= 15 is 0 Å². The maximum atomic E-state index is 4.92. The van der Waals surface area contributed by atoms with E-state index in [1.165, 1.54) is 0 Å². The van der Waals surface area contributed by atoms with Gasteiger partial charge in [0.1, 0.15) is 0 Å².